The van der Waals surface area contributed by atoms with Gasteiger partial charge in [-0.25, -0.2) is 0 Å². The van der Waals surface area contributed by atoms with Crippen LogP contribution in [0.5, 0.6) is 5.75 Å². The molecular weight excluding hydrogens is 492 g/mol. The number of carbonyl (C=O) groups is 4. The van der Waals surface area contributed by atoms with Crippen LogP contribution in [0.15, 0.2) is 53.3 Å². The second-order valence-electron chi connectivity index (χ2n) is 10.00. The Morgan fingerprint density at radius 3 is 2.37 bits per heavy atom. The number of phenolic OH excluding ortho intramolecular Hbond substituents is 1. The highest BCUT2D eigenvalue weighted by atomic mass is 16.3. The summed E-state index contributed by atoms with van der Waals surface area (Å²) in [6.45, 7) is 1.79. The number of amides is 2. The molecule has 2 aromatic rings. The number of aliphatic hydroxyl groups excluding tert-OH is 2. The van der Waals surface area contributed by atoms with Crippen molar-refractivity contribution in [2.75, 3.05) is 0 Å². The van der Waals surface area contributed by atoms with Crippen LogP contribution >= 0.6 is 0 Å². The van der Waals surface area contributed by atoms with Crippen LogP contribution in [0.3, 0.4) is 0 Å². The van der Waals surface area contributed by atoms with E-state index in [4.69, 9.17) is 5.73 Å². The standard InChI is InChI=1S/C28H26N2O8/c1-12(31)30-11-13-2-4-14(5-3-13)17-6-7-19(32)22-18(17)9-15-8-16-10-20(33)23(27(29)37)26(36)28(16,38)25(35)21(15)24(22)34/h2-7,15-16,32,34,36,38H,8-11H2,1H3,(H2,29,37)(H,30,31)/t15-,16+,28+/m1/s1. The Morgan fingerprint density at radius 1 is 1.05 bits per heavy atom. The molecular formula is C28H26N2O8. The van der Waals surface area contributed by atoms with E-state index in [2.05, 4.69) is 5.32 Å². The van der Waals surface area contributed by atoms with Crippen molar-refractivity contribution >= 4 is 29.1 Å². The molecule has 5 rings (SSSR count). The average molecular weight is 519 g/mol. The van der Waals surface area contributed by atoms with Crippen LogP contribution in [0.25, 0.3) is 16.9 Å². The van der Waals surface area contributed by atoms with Gasteiger partial charge in [-0.1, -0.05) is 30.3 Å². The predicted molar refractivity (Wildman–Crippen MR) is 134 cm³/mol. The molecule has 1 fully saturated rings. The lowest BCUT2D eigenvalue weighted by Crippen LogP contribution is -2.58. The molecule has 7 N–H and O–H groups in total. The largest absolute Gasteiger partial charge is 0.508 e. The minimum Gasteiger partial charge on any atom is -0.508 e. The zero-order valence-corrected chi connectivity index (χ0v) is 20.4. The van der Waals surface area contributed by atoms with Crippen LogP contribution in [-0.2, 0) is 32.1 Å². The smallest absolute Gasteiger partial charge is 0.255 e. The molecule has 3 aliphatic rings. The van der Waals surface area contributed by atoms with Gasteiger partial charge in [-0.3, -0.25) is 19.2 Å². The Balaban J connectivity index is 1.60. The number of nitrogens with one attached hydrogen (secondary N) is 1. The first-order chi connectivity index (χ1) is 17.9. The highest BCUT2D eigenvalue weighted by Crippen LogP contribution is 2.53. The molecule has 2 amide bonds. The molecule has 0 aliphatic heterocycles. The van der Waals surface area contributed by atoms with Crippen molar-refractivity contribution in [2.24, 2.45) is 17.6 Å². The summed E-state index contributed by atoms with van der Waals surface area (Å²) in [6.07, 6.45) is -0.0932. The topological polar surface area (TPSA) is 187 Å². The lowest BCUT2D eigenvalue weighted by molar-refractivity contribution is -0.147. The van der Waals surface area contributed by atoms with Crippen LogP contribution in [-0.4, -0.2) is 49.4 Å². The third kappa shape index (κ3) is 3.67. The van der Waals surface area contributed by atoms with Gasteiger partial charge in [0.15, 0.2) is 11.4 Å². The molecule has 1 saturated carbocycles. The summed E-state index contributed by atoms with van der Waals surface area (Å²) < 4.78 is 0. The highest BCUT2D eigenvalue weighted by Gasteiger charge is 2.60. The molecule has 0 saturated heterocycles. The lowest BCUT2D eigenvalue weighted by Gasteiger charge is -2.46. The normalized spacial score (nSPS) is 24.5. The summed E-state index contributed by atoms with van der Waals surface area (Å²) in [5.41, 5.74) is 4.62. The van der Waals surface area contributed by atoms with Crippen LogP contribution in [0.1, 0.15) is 36.5 Å². The SMILES string of the molecule is CC(=O)NCc1ccc(-c2ccc(O)c3c2C[C@H]2C[C@H]4CC(=O)C(C(N)=O)=C(O)[C@@]4(O)C(=O)C2=C3O)cc1. The molecule has 0 unspecified atom stereocenters. The minimum absolute atomic E-state index is 0.0388. The number of hydrogen-bond donors (Lipinski definition) is 6. The van der Waals surface area contributed by atoms with Gasteiger partial charge in [0.2, 0.25) is 11.7 Å². The number of hydrogen-bond acceptors (Lipinski definition) is 8. The fourth-order valence-corrected chi connectivity index (χ4v) is 5.92. The molecule has 3 atom stereocenters. The van der Waals surface area contributed by atoms with E-state index in [1.807, 2.05) is 24.3 Å². The summed E-state index contributed by atoms with van der Waals surface area (Å²) in [6, 6.07) is 10.5. The molecule has 196 valence electrons. The fraction of sp³-hybridized carbons (Fsp3) is 0.286. The van der Waals surface area contributed by atoms with Crippen LogP contribution in [0, 0.1) is 11.8 Å². The summed E-state index contributed by atoms with van der Waals surface area (Å²) >= 11 is 0. The van der Waals surface area contributed by atoms with Gasteiger partial charge in [0.05, 0.1) is 5.56 Å². The number of Topliss-reactive ketones (excluding diaryl/α,β-unsaturated/α-hetero) is 2. The van der Waals surface area contributed by atoms with Gasteiger partial charge in [-0.15, -0.1) is 0 Å². The van der Waals surface area contributed by atoms with Crippen LogP contribution in [0.2, 0.25) is 0 Å². The van der Waals surface area contributed by atoms with Crippen molar-refractivity contribution in [1.82, 2.24) is 5.32 Å². The summed E-state index contributed by atoms with van der Waals surface area (Å²) in [4.78, 5) is 49.1. The number of benzene rings is 2. The molecule has 38 heavy (non-hydrogen) atoms. The second kappa shape index (κ2) is 8.84. The quantitative estimate of drug-likeness (QED) is 0.330. The molecule has 0 heterocycles. The van der Waals surface area contributed by atoms with E-state index in [0.29, 0.717) is 17.7 Å². The lowest BCUT2D eigenvalue weighted by atomic mass is 9.59. The molecule has 0 aromatic heterocycles. The van der Waals surface area contributed by atoms with E-state index in [1.54, 1.807) is 6.07 Å². The molecule has 2 aromatic carbocycles. The van der Waals surface area contributed by atoms with Crippen molar-refractivity contribution in [3.05, 3.63) is 70.0 Å². The first-order valence-electron chi connectivity index (χ1n) is 12.1. The maximum Gasteiger partial charge on any atom is 0.255 e. The number of aromatic hydroxyl groups is 1. The molecule has 3 aliphatic carbocycles. The zero-order chi connectivity index (χ0) is 27.5. The van der Waals surface area contributed by atoms with Gasteiger partial charge in [0.25, 0.3) is 5.91 Å². The zero-order valence-electron chi connectivity index (χ0n) is 20.4. The average Bonchev–Trinajstić information content (AvgIpc) is 2.85. The van der Waals surface area contributed by atoms with Crippen molar-refractivity contribution in [3.63, 3.8) is 0 Å². The Morgan fingerprint density at radius 2 is 1.74 bits per heavy atom. The van der Waals surface area contributed by atoms with Gasteiger partial charge >= 0.3 is 0 Å². The molecule has 0 bridgehead atoms. The van der Waals surface area contributed by atoms with Gasteiger partial charge in [0.1, 0.15) is 22.8 Å². The Hall–Kier alpha value is -4.44. The Kier molecular flexibility index (Phi) is 5.87. The molecule has 10 nitrogen and oxygen atoms in total. The van der Waals surface area contributed by atoms with Gasteiger partial charge in [-0.2, -0.15) is 0 Å². The fourth-order valence-electron chi connectivity index (χ4n) is 5.92. The van der Waals surface area contributed by atoms with Crippen molar-refractivity contribution in [2.45, 2.75) is 38.3 Å². The Labute approximate surface area is 217 Å². The van der Waals surface area contributed by atoms with Gasteiger partial charge in [0, 0.05) is 31.4 Å². The maximum atomic E-state index is 13.6. The second-order valence-corrected chi connectivity index (χ2v) is 10.00. The van der Waals surface area contributed by atoms with Crippen molar-refractivity contribution < 1.29 is 39.6 Å². The number of primary amides is 1. The van der Waals surface area contributed by atoms with Crippen molar-refractivity contribution in [1.29, 1.82) is 0 Å². The first kappa shape index (κ1) is 25.2. The van der Waals surface area contributed by atoms with Gasteiger partial charge < -0.3 is 31.5 Å². The third-order valence-electron chi connectivity index (χ3n) is 7.75. The van der Waals surface area contributed by atoms with E-state index < -0.39 is 52.0 Å². The van der Waals surface area contributed by atoms with E-state index >= 15 is 0 Å². The van der Waals surface area contributed by atoms with E-state index in [1.165, 1.54) is 13.0 Å². The molecule has 0 spiro atoms. The number of carbonyl (C=O) groups excluding carboxylic acids is 4. The van der Waals surface area contributed by atoms with E-state index in [9.17, 15) is 39.6 Å². The third-order valence-corrected chi connectivity index (χ3v) is 7.75. The summed E-state index contributed by atoms with van der Waals surface area (Å²) in [5, 5.41) is 46.6. The van der Waals surface area contributed by atoms with Crippen LogP contribution in [0.4, 0.5) is 0 Å². The molecule has 0 radical (unpaired) electrons. The molecule has 10 heteroatoms. The first-order valence-corrected chi connectivity index (χ1v) is 12.1. The summed E-state index contributed by atoms with van der Waals surface area (Å²) in [5.74, 6) is -6.74. The van der Waals surface area contributed by atoms with E-state index in [-0.39, 0.29) is 42.1 Å². The number of aliphatic hydroxyl groups is 3. The monoisotopic (exact) mass is 518 g/mol. The Bertz CT molecular complexity index is 1490. The maximum absolute atomic E-state index is 13.6. The summed E-state index contributed by atoms with van der Waals surface area (Å²) in [7, 11) is 0. The van der Waals surface area contributed by atoms with E-state index in [0.717, 1.165) is 11.1 Å². The van der Waals surface area contributed by atoms with Crippen LogP contribution < -0.4 is 11.1 Å². The highest BCUT2D eigenvalue weighted by molar-refractivity contribution is 6.22. The number of fused-ring (bicyclic) bond motifs is 3. The number of ketones is 2. The van der Waals surface area contributed by atoms with Gasteiger partial charge in [-0.05, 0) is 47.1 Å². The number of rotatable bonds is 4. The van der Waals surface area contributed by atoms with Crippen molar-refractivity contribution in [3.8, 4) is 16.9 Å². The minimum atomic E-state index is -2.59. The number of phenols is 1. The predicted octanol–water partition coefficient (Wildman–Crippen LogP) is 1.73. The number of nitrogens with two attached hydrogens (primary N) is 1.